The predicted octanol–water partition coefficient (Wildman–Crippen LogP) is 1.91. The van der Waals surface area contributed by atoms with E-state index >= 15 is 0 Å². The molecule has 0 bridgehead atoms. The minimum Gasteiger partial charge on any atom is -0.333 e. The standard InChI is InChI=1S/C12H17N3O/c1-12(2,3)14-11(16)15-7-9-4-5-13-6-10(9)8-15/h4-6H,7-8H2,1-3H3,(H,14,16). The number of hydrogen-bond donors (Lipinski definition) is 1. The van der Waals surface area contributed by atoms with Crippen LogP contribution in [0.15, 0.2) is 18.5 Å². The van der Waals surface area contributed by atoms with Crippen molar-refractivity contribution in [3.05, 3.63) is 29.6 Å². The average Bonchev–Trinajstić information content (AvgIpc) is 2.58. The molecule has 0 atom stereocenters. The van der Waals surface area contributed by atoms with Gasteiger partial charge < -0.3 is 10.2 Å². The Balaban J connectivity index is 2.04. The second-order valence-electron chi connectivity index (χ2n) is 5.18. The SMILES string of the molecule is CC(C)(C)NC(=O)N1Cc2ccncc2C1. The number of amides is 2. The van der Waals surface area contributed by atoms with Crippen molar-refractivity contribution in [1.29, 1.82) is 0 Å². The van der Waals surface area contributed by atoms with Crippen LogP contribution in [0.4, 0.5) is 4.79 Å². The molecule has 1 aliphatic rings. The molecule has 0 unspecified atom stereocenters. The molecule has 0 saturated carbocycles. The van der Waals surface area contributed by atoms with E-state index in [0.29, 0.717) is 13.1 Å². The van der Waals surface area contributed by atoms with Gasteiger partial charge >= 0.3 is 6.03 Å². The van der Waals surface area contributed by atoms with E-state index in [4.69, 9.17) is 0 Å². The molecule has 0 aliphatic carbocycles. The van der Waals surface area contributed by atoms with Gasteiger partial charge in [0.05, 0.1) is 0 Å². The monoisotopic (exact) mass is 219 g/mol. The van der Waals surface area contributed by atoms with Gasteiger partial charge in [-0.15, -0.1) is 0 Å². The molecular formula is C12H17N3O. The van der Waals surface area contributed by atoms with E-state index in [1.54, 1.807) is 11.1 Å². The molecular weight excluding hydrogens is 202 g/mol. The van der Waals surface area contributed by atoms with Crippen LogP contribution in [0.3, 0.4) is 0 Å². The van der Waals surface area contributed by atoms with Gasteiger partial charge in [0.25, 0.3) is 0 Å². The zero-order valence-corrected chi connectivity index (χ0v) is 9.95. The summed E-state index contributed by atoms with van der Waals surface area (Å²) in [6, 6.07) is 1.96. The minimum absolute atomic E-state index is 0.0105. The highest BCUT2D eigenvalue weighted by Gasteiger charge is 2.25. The highest BCUT2D eigenvalue weighted by Crippen LogP contribution is 2.21. The smallest absolute Gasteiger partial charge is 0.318 e. The third kappa shape index (κ3) is 2.32. The van der Waals surface area contributed by atoms with Crippen molar-refractivity contribution < 1.29 is 4.79 Å². The Morgan fingerprint density at radius 1 is 1.38 bits per heavy atom. The summed E-state index contributed by atoms with van der Waals surface area (Å²) in [5.41, 5.74) is 2.15. The molecule has 2 amide bonds. The van der Waals surface area contributed by atoms with Gasteiger partial charge in [0.2, 0.25) is 0 Å². The average molecular weight is 219 g/mol. The first kappa shape index (κ1) is 10.9. The lowest BCUT2D eigenvalue weighted by Crippen LogP contribution is -2.46. The van der Waals surface area contributed by atoms with Gasteiger partial charge in [0, 0.05) is 31.0 Å². The van der Waals surface area contributed by atoms with Crippen LogP contribution < -0.4 is 5.32 Å². The quantitative estimate of drug-likeness (QED) is 0.724. The maximum Gasteiger partial charge on any atom is 0.318 e. The third-order valence-corrected chi connectivity index (χ3v) is 2.50. The number of nitrogens with one attached hydrogen (secondary N) is 1. The predicted molar refractivity (Wildman–Crippen MR) is 61.8 cm³/mol. The number of pyridine rings is 1. The molecule has 0 aromatic carbocycles. The maximum atomic E-state index is 11.9. The molecule has 2 heterocycles. The van der Waals surface area contributed by atoms with Gasteiger partial charge in [-0.1, -0.05) is 0 Å². The summed E-state index contributed by atoms with van der Waals surface area (Å²) in [7, 11) is 0. The van der Waals surface area contributed by atoms with E-state index in [0.717, 1.165) is 5.56 Å². The zero-order chi connectivity index (χ0) is 11.8. The highest BCUT2D eigenvalue weighted by atomic mass is 16.2. The zero-order valence-electron chi connectivity index (χ0n) is 9.95. The summed E-state index contributed by atoms with van der Waals surface area (Å²) in [6.07, 6.45) is 3.60. The molecule has 0 fully saturated rings. The first-order chi connectivity index (χ1) is 7.46. The van der Waals surface area contributed by atoms with Crippen molar-refractivity contribution in [3.63, 3.8) is 0 Å². The molecule has 16 heavy (non-hydrogen) atoms. The van der Waals surface area contributed by atoms with Crippen LogP contribution in [-0.4, -0.2) is 21.5 Å². The Morgan fingerprint density at radius 3 is 2.69 bits per heavy atom. The number of fused-ring (bicyclic) bond motifs is 1. The Bertz CT molecular complexity index is 384. The lowest BCUT2D eigenvalue weighted by molar-refractivity contribution is 0.189. The fourth-order valence-corrected chi connectivity index (χ4v) is 1.76. The Hall–Kier alpha value is -1.58. The summed E-state index contributed by atoms with van der Waals surface area (Å²) >= 11 is 0. The maximum absolute atomic E-state index is 11.9. The van der Waals surface area contributed by atoms with E-state index in [2.05, 4.69) is 10.3 Å². The summed E-state index contributed by atoms with van der Waals surface area (Å²) in [5.74, 6) is 0. The van der Waals surface area contributed by atoms with Crippen LogP contribution in [0.1, 0.15) is 31.9 Å². The summed E-state index contributed by atoms with van der Waals surface area (Å²) in [4.78, 5) is 17.8. The lowest BCUT2D eigenvalue weighted by atomic mass is 10.1. The normalized spacial score (nSPS) is 14.8. The van der Waals surface area contributed by atoms with Gasteiger partial charge in [0.15, 0.2) is 0 Å². The Kier molecular flexibility index (Phi) is 2.58. The van der Waals surface area contributed by atoms with Crippen LogP contribution >= 0.6 is 0 Å². The first-order valence-corrected chi connectivity index (χ1v) is 5.44. The van der Waals surface area contributed by atoms with Crippen molar-refractivity contribution in [2.75, 3.05) is 0 Å². The van der Waals surface area contributed by atoms with Crippen molar-refractivity contribution >= 4 is 6.03 Å². The molecule has 4 heteroatoms. The van der Waals surface area contributed by atoms with Crippen LogP contribution in [0, 0.1) is 0 Å². The number of hydrogen-bond acceptors (Lipinski definition) is 2. The van der Waals surface area contributed by atoms with Gasteiger partial charge in [-0.25, -0.2) is 4.79 Å². The van der Waals surface area contributed by atoms with Gasteiger partial charge in [-0.05, 0) is 38.0 Å². The number of nitrogens with zero attached hydrogens (tertiary/aromatic N) is 2. The highest BCUT2D eigenvalue weighted by molar-refractivity contribution is 5.75. The first-order valence-electron chi connectivity index (χ1n) is 5.44. The third-order valence-electron chi connectivity index (χ3n) is 2.50. The van der Waals surface area contributed by atoms with Crippen molar-refractivity contribution in [2.45, 2.75) is 39.4 Å². The number of aromatic nitrogens is 1. The number of rotatable bonds is 0. The molecule has 1 aliphatic heterocycles. The van der Waals surface area contributed by atoms with E-state index in [-0.39, 0.29) is 11.6 Å². The van der Waals surface area contributed by atoms with Gasteiger partial charge in [-0.3, -0.25) is 4.98 Å². The minimum atomic E-state index is -0.190. The molecule has 2 rings (SSSR count). The molecule has 1 N–H and O–H groups in total. The van der Waals surface area contributed by atoms with E-state index in [9.17, 15) is 4.79 Å². The summed E-state index contributed by atoms with van der Waals surface area (Å²) in [5, 5.41) is 2.96. The fourth-order valence-electron chi connectivity index (χ4n) is 1.76. The van der Waals surface area contributed by atoms with E-state index in [1.165, 1.54) is 5.56 Å². The van der Waals surface area contributed by atoms with Gasteiger partial charge in [0.1, 0.15) is 0 Å². The molecule has 0 spiro atoms. The van der Waals surface area contributed by atoms with Crippen LogP contribution in [-0.2, 0) is 13.1 Å². The molecule has 0 radical (unpaired) electrons. The summed E-state index contributed by atoms with van der Waals surface area (Å²) < 4.78 is 0. The lowest BCUT2D eigenvalue weighted by Gasteiger charge is -2.25. The van der Waals surface area contributed by atoms with Crippen LogP contribution in [0.2, 0.25) is 0 Å². The Morgan fingerprint density at radius 2 is 2.06 bits per heavy atom. The second kappa shape index (κ2) is 3.77. The largest absolute Gasteiger partial charge is 0.333 e. The van der Waals surface area contributed by atoms with Gasteiger partial charge in [-0.2, -0.15) is 0 Å². The fraction of sp³-hybridized carbons (Fsp3) is 0.500. The van der Waals surface area contributed by atoms with E-state index < -0.39 is 0 Å². The number of carbonyl (C=O) groups is 1. The Labute approximate surface area is 95.7 Å². The molecule has 1 aromatic rings. The van der Waals surface area contributed by atoms with E-state index in [1.807, 2.05) is 33.0 Å². The van der Waals surface area contributed by atoms with Crippen LogP contribution in [0.25, 0.3) is 0 Å². The number of urea groups is 1. The topological polar surface area (TPSA) is 45.2 Å². The molecule has 1 aromatic heterocycles. The van der Waals surface area contributed by atoms with Crippen molar-refractivity contribution in [1.82, 2.24) is 15.2 Å². The molecule has 86 valence electrons. The molecule has 4 nitrogen and oxygen atoms in total. The van der Waals surface area contributed by atoms with Crippen molar-refractivity contribution in [2.24, 2.45) is 0 Å². The summed E-state index contributed by atoms with van der Waals surface area (Å²) in [6.45, 7) is 7.28. The van der Waals surface area contributed by atoms with Crippen LogP contribution in [0.5, 0.6) is 0 Å². The number of carbonyl (C=O) groups excluding carboxylic acids is 1. The van der Waals surface area contributed by atoms with Crippen molar-refractivity contribution in [3.8, 4) is 0 Å². The second-order valence-corrected chi connectivity index (χ2v) is 5.18. The molecule has 0 saturated heterocycles.